The van der Waals surface area contributed by atoms with Crippen molar-refractivity contribution in [2.75, 3.05) is 6.54 Å². The number of H-pyrrole nitrogens is 1. The lowest BCUT2D eigenvalue weighted by Gasteiger charge is -2.37. The van der Waals surface area contributed by atoms with Crippen molar-refractivity contribution < 1.29 is 18.3 Å². The zero-order valence-electron chi connectivity index (χ0n) is 10.2. The Bertz CT molecular complexity index is 654. The number of carboxylic acid groups (broad SMARTS) is 1. The van der Waals surface area contributed by atoms with E-state index in [9.17, 15) is 18.0 Å². The normalized spacial score (nSPS) is 17.9. The summed E-state index contributed by atoms with van der Waals surface area (Å²) in [5.41, 5.74) is -0.733. The molecule has 0 unspecified atom stereocenters. The third-order valence-corrected chi connectivity index (χ3v) is 6.40. The number of carboxylic acids is 1. The number of thiazole rings is 1. The lowest BCUT2D eigenvalue weighted by Crippen LogP contribution is -2.47. The minimum atomic E-state index is -3.84. The van der Waals surface area contributed by atoms with Crippen LogP contribution < -0.4 is 9.60 Å². The molecule has 106 valence electrons. The molecule has 19 heavy (non-hydrogen) atoms. The van der Waals surface area contributed by atoms with Crippen LogP contribution in [-0.2, 0) is 14.8 Å². The number of rotatable bonds is 5. The van der Waals surface area contributed by atoms with Gasteiger partial charge in [0.25, 0.3) is 10.0 Å². The van der Waals surface area contributed by atoms with Gasteiger partial charge in [0.1, 0.15) is 0 Å². The maximum absolute atomic E-state index is 12.0. The van der Waals surface area contributed by atoms with Gasteiger partial charge in [-0.25, -0.2) is 13.1 Å². The Morgan fingerprint density at radius 1 is 1.53 bits per heavy atom. The minimum absolute atomic E-state index is 0.0858. The number of aromatic nitrogens is 1. The maximum atomic E-state index is 12.0. The fourth-order valence-corrected chi connectivity index (χ4v) is 4.49. The molecule has 0 atom stereocenters. The first kappa shape index (κ1) is 14.2. The Morgan fingerprint density at radius 2 is 2.16 bits per heavy atom. The van der Waals surface area contributed by atoms with Gasteiger partial charge in [0, 0.05) is 12.2 Å². The van der Waals surface area contributed by atoms with Crippen LogP contribution in [0.2, 0.25) is 0 Å². The average molecular weight is 306 g/mol. The molecule has 1 aromatic rings. The van der Waals surface area contributed by atoms with Gasteiger partial charge in [0.05, 0.1) is 5.41 Å². The molecule has 1 aromatic heterocycles. The largest absolute Gasteiger partial charge is 0.481 e. The highest BCUT2D eigenvalue weighted by molar-refractivity contribution is 7.91. The zero-order valence-corrected chi connectivity index (χ0v) is 11.9. The van der Waals surface area contributed by atoms with Crippen molar-refractivity contribution in [3.8, 4) is 0 Å². The second kappa shape index (κ2) is 4.73. The number of hydrogen-bond donors (Lipinski definition) is 3. The zero-order chi connectivity index (χ0) is 14.3. The fraction of sp³-hybridized carbons (Fsp3) is 0.600. The quantitative estimate of drug-likeness (QED) is 0.722. The molecule has 1 saturated carbocycles. The van der Waals surface area contributed by atoms with Gasteiger partial charge in [-0.05, 0) is 19.8 Å². The van der Waals surface area contributed by atoms with E-state index in [1.165, 1.54) is 6.92 Å². The minimum Gasteiger partial charge on any atom is -0.481 e. The Kier molecular flexibility index (Phi) is 3.54. The second-order valence-corrected chi connectivity index (χ2v) is 7.64. The molecule has 1 fully saturated rings. The highest BCUT2D eigenvalue weighted by Crippen LogP contribution is 2.40. The summed E-state index contributed by atoms with van der Waals surface area (Å²) in [6.07, 6.45) is 1.71. The summed E-state index contributed by atoms with van der Waals surface area (Å²) in [5.74, 6) is -0.986. The van der Waals surface area contributed by atoms with E-state index in [-0.39, 0.29) is 16.4 Å². The molecule has 0 spiro atoms. The smallest absolute Gasteiger partial charge is 0.310 e. The highest BCUT2D eigenvalue weighted by Gasteiger charge is 2.45. The molecule has 1 heterocycles. The van der Waals surface area contributed by atoms with Gasteiger partial charge in [-0.1, -0.05) is 17.8 Å². The molecule has 9 heteroatoms. The topological polar surface area (TPSA) is 116 Å². The number of carbonyl (C=O) groups is 1. The van der Waals surface area contributed by atoms with Gasteiger partial charge in [-0.3, -0.25) is 9.59 Å². The van der Waals surface area contributed by atoms with Crippen molar-refractivity contribution >= 4 is 27.3 Å². The highest BCUT2D eigenvalue weighted by atomic mass is 32.2. The number of aromatic amines is 1. The molecule has 1 aliphatic rings. The first-order valence-electron chi connectivity index (χ1n) is 5.70. The second-order valence-electron chi connectivity index (χ2n) is 4.69. The summed E-state index contributed by atoms with van der Waals surface area (Å²) in [4.78, 5) is 24.2. The van der Waals surface area contributed by atoms with E-state index in [1.807, 2.05) is 0 Å². The van der Waals surface area contributed by atoms with Crippen molar-refractivity contribution in [2.45, 2.75) is 30.4 Å². The van der Waals surface area contributed by atoms with Crippen LogP contribution in [0, 0.1) is 12.3 Å². The van der Waals surface area contributed by atoms with Gasteiger partial charge in [0.15, 0.2) is 4.21 Å². The Hall–Kier alpha value is -1.19. The third-order valence-electron chi connectivity index (χ3n) is 3.39. The van der Waals surface area contributed by atoms with Gasteiger partial charge in [0.2, 0.25) is 0 Å². The van der Waals surface area contributed by atoms with Gasteiger partial charge in [-0.2, -0.15) is 0 Å². The summed E-state index contributed by atoms with van der Waals surface area (Å²) >= 11 is 0.597. The van der Waals surface area contributed by atoms with Crippen LogP contribution in [-0.4, -0.2) is 31.0 Å². The fourth-order valence-electron chi connectivity index (χ4n) is 2.02. The van der Waals surface area contributed by atoms with Crippen molar-refractivity contribution in [1.82, 2.24) is 9.71 Å². The number of nitrogens with one attached hydrogen (secondary N) is 2. The Balaban J connectivity index is 2.17. The summed E-state index contributed by atoms with van der Waals surface area (Å²) in [6, 6.07) is 0. The van der Waals surface area contributed by atoms with Crippen LogP contribution in [0.15, 0.2) is 9.00 Å². The van der Waals surface area contributed by atoms with Crippen LogP contribution in [0.5, 0.6) is 0 Å². The van der Waals surface area contributed by atoms with Gasteiger partial charge >= 0.3 is 10.8 Å². The van der Waals surface area contributed by atoms with Crippen LogP contribution in [0.1, 0.15) is 25.0 Å². The molecule has 3 N–H and O–H groups in total. The Morgan fingerprint density at radius 3 is 2.53 bits per heavy atom. The standard InChI is InChI=1S/C10H14N2O5S2/c1-6-7(18-9(15)12-6)19(16,17)11-5-10(8(13)14)3-2-4-10/h11H,2-5H2,1H3,(H,12,15)(H,13,14). The molecule has 0 bridgehead atoms. The molecule has 0 aromatic carbocycles. The summed E-state index contributed by atoms with van der Waals surface area (Å²) in [6.45, 7) is 1.35. The van der Waals surface area contributed by atoms with Crippen LogP contribution >= 0.6 is 11.3 Å². The predicted molar refractivity (Wildman–Crippen MR) is 68.8 cm³/mol. The molecule has 0 aliphatic heterocycles. The maximum Gasteiger partial charge on any atom is 0.310 e. The summed E-state index contributed by atoms with van der Waals surface area (Å²) in [5, 5.41) is 9.12. The first-order valence-corrected chi connectivity index (χ1v) is 8.00. The number of sulfonamides is 1. The average Bonchev–Trinajstić information content (AvgIpc) is 2.56. The van der Waals surface area contributed by atoms with Crippen molar-refractivity contribution in [3.63, 3.8) is 0 Å². The van der Waals surface area contributed by atoms with E-state index in [0.717, 1.165) is 6.42 Å². The first-order chi connectivity index (χ1) is 8.77. The van der Waals surface area contributed by atoms with Gasteiger partial charge in [-0.15, -0.1) is 0 Å². The summed E-state index contributed by atoms with van der Waals surface area (Å²) < 4.78 is 26.3. The predicted octanol–water partition coefficient (Wildman–Crippen LogP) is 0.278. The monoisotopic (exact) mass is 306 g/mol. The van der Waals surface area contributed by atoms with Crippen LogP contribution in [0.25, 0.3) is 0 Å². The molecular weight excluding hydrogens is 292 g/mol. The number of hydrogen-bond acceptors (Lipinski definition) is 5. The molecule has 0 saturated heterocycles. The SMILES string of the molecule is Cc1[nH]c(=O)sc1S(=O)(=O)NCC1(C(=O)O)CCC1. The molecule has 1 aliphatic carbocycles. The van der Waals surface area contributed by atoms with Crippen LogP contribution in [0.4, 0.5) is 0 Å². The third kappa shape index (κ3) is 2.58. The molecule has 0 radical (unpaired) electrons. The van der Waals surface area contributed by atoms with E-state index in [0.29, 0.717) is 24.2 Å². The Labute approximate surface area is 113 Å². The number of aryl methyl sites for hydroxylation is 1. The number of aliphatic carboxylic acids is 1. The van der Waals surface area contributed by atoms with E-state index in [4.69, 9.17) is 5.11 Å². The molecule has 2 rings (SSSR count). The van der Waals surface area contributed by atoms with E-state index in [1.54, 1.807) is 0 Å². The van der Waals surface area contributed by atoms with Crippen molar-refractivity contribution in [2.24, 2.45) is 5.41 Å². The van der Waals surface area contributed by atoms with E-state index < -0.39 is 26.3 Å². The summed E-state index contributed by atoms with van der Waals surface area (Å²) in [7, 11) is -3.84. The van der Waals surface area contributed by atoms with Crippen LogP contribution in [0.3, 0.4) is 0 Å². The van der Waals surface area contributed by atoms with Gasteiger partial charge < -0.3 is 10.1 Å². The van der Waals surface area contributed by atoms with E-state index >= 15 is 0 Å². The van der Waals surface area contributed by atoms with Crippen molar-refractivity contribution in [1.29, 1.82) is 0 Å². The lowest BCUT2D eigenvalue weighted by molar-refractivity contribution is -0.153. The molecule has 7 nitrogen and oxygen atoms in total. The lowest BCUT2D eigenvalue weighted by atomic mass is 9.69. The van der Waals surface area contributed by atoms with Crippen molar-refractivity contribution in [3.05, 3.63) is 15.4 Å². The molecule has 0 amide bonds. The van der Waals surface area contributed by atoms with E-state index in [2.05, 4.69) is 9.71 Å². The molecular formula is C10H14N2O5S2.